The van der Waals surface area contributed by atoms with Gasteiger partial charge in [-0.2, -0.15) is 0 Å². The van der Waals surface area contributed by atoms with E-state index in [-0.39, 0.29) is 0 Å². The van der Waals surface area contributed by atoms with Crippen molar-refractivity contribution in [3.05, 3.63) is 30.1 Å². The first-order valence-electron chi connectivity index (χ1n) is 5.05. The first kappa shape index (κ1) is 11.1. The van der Waals surface area contributed by atoms with E-state index >= 15 is 0 Å². The summed E-state index contributed by atoms with van der Waals surface area (Å²) in [6, 6.07) is 4.42. The van der Waals surface area contributed by atoms with E-state index in [9.17, 15) is 0 Å². The van der Waals surface area contributed by atoms with Crippen molar-refractivity contribution in [2.24, 2.45) is 11.7 Å². The van der Waals surface area contributed by atoms with Crippen LogP contribution in [0.5, 0.6) is 0 Å². The van der Waals surface area contributed by atoms with Gasteiger partial charge >= 0.3 is 0 Å². The van der Waals surface area contributed by atoms with Crippen molar-refractivity contribution in [1.82, 2.24) is 10.3 Å². The molecular weight excluding hydrogens is 174 g/mol. The smallest absolute Gasteiger partial charge is 0.0335 e. The molecule has 0 aliphatic carbocycles. The van der Waals surface area contributed by atoms with Gasteiger partial charge in [-0.1, -0.05) is 13.0 Å². The molecule has 0 fully saturated rings. The second-order valence-corrected chi connectivity index (χ2v) is 3.70. The van der Waals surface area contributed by atoms with E-state index in [0.29, 0.717) is 12.0 Å². The fourth-order valence-corrected chi connectivity index (χ4v) is 1.50. The van der Waals surface area contributed by atoms with Crippen LogP contribution in [0.3, 0.4) is 0 Å². The first-order chi connectivity index (χ1) is 6.77. The van der Waals surface area contributed by atoms with Crippen molar-refractivity contribution >= 4 is 0 Å². The highest BCUT2D eigenvalue weighted by molar-refractivity contribution is 5.13. The van der Waals surface area contributed by atoms with Crippen LogP contribution in [-0.2, 0) is 0 Å². The monoisotopic (exact) mass is 193 g/mol. The number of nitrogens with zero attached hydrogens (tertiary/aromatic N) is 1. The van der Waals surface area contributed by atoms with Gasteiger partial charge in [-0.25, -0.2) is 0 Å². The van der Waals surface area contributed by atoms with Crippen LogP contribution in [0.25, 0.3) is 0 Å². The zero-order chi connectivity index (χ0) is 10.4. The van der Waals surface area contributed by atoms with Crippen LogP contribution in [0, 0.1) is 5.92 Å². The standard InChI is InChI=1S/C11H19N3/c1-9(7-12)6-11(13-2)10-4-3-5-14-8-10/h3-5,8-9,11,13H,6-7,12H2,1-2H3. The minimum atomic E-state index is 0.363. The molecule has 1 aromatic rings. The van der Waals surface area contributed by atoms with Crippen LogP contribution in [0.15, 0.2) is 24.5 Å². The SMILES string of the molecule is CNC(CC(C)CN)c1cccnc1. The largest absolute Gasteiger partial charge is 0.330 e. The van der Waals surface area contributed by atoms with Crippen LogP contribution < -0.4 is 11.1 Å². The maximum absolute atomic E-state index is 5.61. The van der Waals surface area contributed by atoms with Gasteiger partial charge < -0.3 is 11.1 Å². The second kappa shape index (κ2) is 5.73. The molecule has 0 radical (unpaired) electrons. The quantitative estimate of drug-likeness (QED) is 0.741. The maximum Gasteiger partial charge on any atom is 0.0335 e. The molecule has 0 aliphatic rings. The molecule has 0 aromatic carbocycles. The summed E-state index contributed by atoms with van der Waals surface area (Å²) in [6.45, 7) is 2.90. The molecule has 0 spiro atoms. The van der Waals surface area contributed by atoms with Gasteiger partial charge in [0.2, 0.25) is 0 Å². The molecule has 2 atom stereocenters. The zero-order valence-corrected chi connectivity index (χ0v) is 8.90. The fraction of sp³-hybridized carbons (Fsp3) is 0.545. The Balaban J connectivity index is 2.63. The van der Waals surface area contributed by atoms with E-state index in [1.54, 1.807) is 6.20 Å². The predicted molar refractivity (Wildman–Crippen MR) is 58.9 cm³/mol. The third kappa shape index (κ3) is 3.09. The minimum Gasteiger partial charge on any atom is -0.330 e. The van der Waals surface area contributed by atoms with Crippen molar-refractivity contribution in [2.45, 2.75) is 19.4 Å². The molecule has 0 amide bonds. The summed E-state index contributed by atoms with van der Waals surface area (Å²) < 4.78 is 0. The van der Waals surface area contributed by atoms with Crippen LogP contribution in [0.1, 0.15) is 24.9 Å². The van der Waals surface area contributed by atoms with Crippen LogP contribution in [0.2, 0.25) is 0 Å². The zero-order valence-electron chi connectivity index (χ0n) is 8.90. The molecule has 1 heterocycles. The van der Waals surface area contributed by atoms with E-state index in [2.05, 4.69) is 23.3 Å². The minimum absolute atomic E-state index is 0.363. The van der Waals surface area contributed by atoms with E-state index in [1.807, 2.05) is 19.3 Å². The van der Waals surface area contributed by atoms with Gasteiger partial charge in [-0.05, 0) is 37.6 Å². The van der Waals surface area contributed by atoms with E-state index in [0.717, 1.165) is 13.0 Å². The van der Waals surface area contributed by atoms with Gasteiger partial charge in [0.25, 0.3) is 0 Å². The summed E-state index contributed by atoms with van der Waals surface area (Å²) in [5.74, 6) is 0.535. The van der Waals surface area contributed by atoms with Crippen LogP contribution >= 0.6 is 0 Å². The third-order valence-corrected chi connectivity index (χ3v) is 2.48. The topological polar surface area (TPSA) is 50.9 Å². The number of pyridine rings is 1. The Morgan fingerprint density at radius 3 is 2.86 bits per heavy atom. The average Bonchev–Trinajstić information content (AvgIpc) is 2.26. The second-order valence-electron chi connectivity index (χ2n) is 3.70. The van der Waals surface area contributed by atoms with Crippen molar-refractivity contribution in [2.75, 3.05) is 13.6 Å². The Kier molecular flexibility index (Phi) is 4.56. The molecule has 0 saturated carbocycles. The fourth-order valence-electron chi connectivity index (χ4n) is 1.50. The molecule has 78 valence electrons. The van der Waals surface area contributed by atoms with Crippen molar-refractivity contribution in [1.29, 1.82) is 0 Å². The summed E-state index contributed by atoms with van der Waals surface area (Å²) in [5.41, 5.74) is 6.84. The molecule has 3 N–H and O–H groups in total. The van der Waals surface area contributed by atoms with Crippen molar-refractivity contribution < 1.29 is 0 Å². The molecule has 3 nitrogen and oxygen atoms in total. The van der Waals surface area contributed by atoms with E-state index < -0.39 is 0 Å². The van der Waals surface area contributed by atoms with Gasteiger partial charge in [-0.3, -0.25) is 4.98 Å². The summed E-state index contributed by atoms with van der Waals surface area (Å²) >= 11 is 0. The third-order valence-electron chi connectivity index (χ3n) is 2.48. The highest BCUT2D eigenvalue weighted by atomic mass is 14.9. The average molecular weight is 193 g/mol. The van der Waals surface area contributed by atoms with Gasteiger partial charge in [0.05, 0.1) is 0 Å². The number of aromatic nitrogens is 1. The number of hydrogen-bond donors (Lipinski definition) is 2. The van der Waals surface area contributed by atoms with Crippen molar-refractivity contribution in [3.8, 4) is 0 Å². The number of rotatable bonds is 5. The first-order valence-corrected chi connectivity index (χ1v) is 5.05. The molecular formula is C11H19N3. The lowest BCUT2D eigenvalue weighted by Gasteiger charge is -2.19. The molecule has 3 heteroatoms. The highest BCUT2D eigenvalue weighted by Crippen LogP contribution is 2.19. The predicted octanol–water partition coefficient (Wildman–Crippen LogP) is 1.33. The Morgan fingerprint density at radius 1 is 1.57 bits per heavy atom. The number of nitrogens with two attached hydrogens (primary N) is 1. The summed E-state index contributed by atoms with van der Waals surface area (Å²) in [5, 5.41) is 3.29. The summed E-state index contributed by atoms with van der Waals surface area (Å²) in [4.78, 5) is 4.12. The van der Waals surface area contributed by atoms with Gasteiger partial charge in [0, 0.05) is 18.4 Å². The normalized spacial score (nSPS) is 15.1. The maximum atomic E-state index is 5.61. The Hall–Kier alpha value is -0.930. The lowest BCUT2D eigenvalue weighted by atomic mass is 9.97. The Labute approximate surface area is 85.7 Å². The molecule has 0 aliphatic heterocycles. The van der Waals surface area contributed by atoms with Crippen molar-refractivity contribution in [3.63, 3.8) is 0 Å². The lowest BCUT2D eigenvalue weighted by Crippen LogP contribution is -2.22. The molecule has 0 bridgehead atoms. The summed E-state index contributed by atoms with van der Waals surface area (Å²) in [6.07, 6.45) is 4.76. The number of nitrogens with one attached hydrogen (secondary N) is 1. The molecule has 14 heavy (non-hydrogen) atoms. The van der Waals surface area contributed by atoms with E-state index in [1.165, 1.54) is 5.56 Å². The lowest BCUT2D eigenvalue weighted by molar-refractivity contribution is 0.437. The van der Waals surface area contributed by atoms with E-state index in [4.69, 9.17) is 5.73 Å². The summed E-state index contributed by atoms with van der Waals surface area (Å²) in [7, 11) is 1.97. The van der Waals surface area contributed by atoms with Gasteiger partial charge in [0.15, 0.2) is 0 Å². The Bertz CT molecular complexity index is 248. The molecule has 0 saturated heterocycles. The van der Waals surface area contributed by atoms with Crippen LogP contribution in [-0.4, -0.2) is 18.6 Å². The molecule has 2 unspecified atom stereocenters. The molecule has 1 aromatic heterocycles. The van der Waals surface area contributed by atoms with Crippen LogP contribution in [0.4, 0.5) is 0 Å². The van der Waals surface area contributed by atoms with Gasteiger partial charge in [0.1, 0.15) is 0 Å². The van der Waals surface area contributed by atoms with Gasteiger partial charge in [-0.15, -0.1) is 0 Å². The number of hydrogen-bond acceptors (Lipinski definition) is 3. The highest BCUT2D eigenvalue weighted by Gasteiger charge is 2.12. The Morgan fingerprint density at radius 2 is 2.36 bits per heavy atom. The molecule has 1 rings (SSSR count).